The van der Waals surface area contributed by atoms with Crippen LogP contribution in [-0.2, 0) is 11.3 Å². The van der Waals surface area contributed by atoms with Crippen molar-refractivity contribution in [1.29, 1.82) is 0 Å². The number of nitrogens with zero attached hydrogens (tertiary/aromatic N) is 1. The number of nitrogens with one attached hydrogen (secondary N) is 2. The standard InChI is InChI=1S/C19H25N3O2S/c1-12-6-5-9-15(13(12)2)20-17(23)10-11-22-18(24)14-7-3-4-8-16(14)21-19(22)25/h3-4,7-8,12-13,15H,5-6,9-11H2,1-2H3,(H,20,23)(H,21,25)/t12-,13-,15+/m1/s1. The number of amides is 1. The number of carbonyl (C=O) groups is 1. The molecule has 1 saturated carbocycles. The second-order valence-electron chi connectivity index (χ2n) is 7.12. The third kappa shape index (κ3) is 3.84. The van der Waals surface area contributed by atoms with Gasteiger partial charge in [-0.25, -0.2) is 0 Å². The highest BCUT2D eigenvalue weighted by molar-refractivity contribution is 7.71. The minimum absolute atomic E-state index is 0.0135. The molecule has 1 aliphatic carbocycles. The van der Waals surface area contributed by atoms with Crippen LogP contribution in [0.4, 0.5) is 0 Å². The van der Waals surface area contributed by atoms with Crippen molar-refractivity contribution < 1.29 is 4.79 Å². The molecule has 1 aromatic heterocycles. The molecule has 2 N–H and O–H groups in total. The van der Waals surface area contributed by atoms with Crippen molar-refractivity contribution in [1.82, 2.24) is 14.9 Å². The summed E-state index contributed by atoms with van der Waals surface area (Å²) in [5.74, 6) is 1.11. The molecule has 6 heteroatoms. The van der Waals surface area contributed by atoms with Crippen LogP contribution in [0.5, 0.6) is 0 Å². The van der Waals surface area contributed by atoms with Crippen LogP contribution < -0.4 is 10.9 Å². The fourth-order valence-electron chi connectivity index (χ4n) is 3.68. The lowest BCUT2D eigenvalue weighted by atomic mass is 9.78. The molecule has 0 bridgehead atoms. The SMILES string of the molecule is C[C@@H]1[C@H](C)CCC[C@@H]1NC(=O)CCn1c(=S)[nH]c2ccccc2c1=O. The van der Waals surface area contributed by atoms with Crippen LogP contribution in [-0.4, -0.2) is 21.5 Å². The maximum atomic E-state index is 12.6. The normalized spacial score (nSPS) is 23.5. The molecule has 1 aromatic carbocycles. The van der Waals surface area contributed by atoms with Crippen LogP contribution in [0, 0.1) is 16.6 Å². The highest BCUT2D eigenvalue weighted by atomic mass is 32.1. The zero-order valence-corrected chi connectivity index (χ0v) is 15.6. The van der Waals surface area contributed by atoms with Crippen LogP contribution in [0.3, 0.4) is 0 Å². The van der Waals surface area contributed by atoms with E-state index in [2.05, 4.69) is 24.1 Å². The van der Waals surface area contributed by atoms with Crippen molar-refractivity contribution in [2.75, 3.05) is 0 Å². The van der Waals surface area contributed by atoms with Gasteiger partial charge in [0.1, 0.15) is 0 Å². The van der Waals surface area contributed by atoms with Crippen LogP contribution >= 0.6 is 12.2 Å². The summed E-state index contributed by atoms with van der Waals surface area (Å²) in [4.78, 5) is 28.0. The quantitative estimate of drug-likeness (QED) is 0.822. The Morgan fingerprint density at radius 3 is 2.88 bits per heavy atom. The number of benzene rings is 1. The van der Waals surface area contributed by atoms with Crippen molar-refractivity contribution >= 4 is 29.0 Å². The molecule has 0 aliphatic heterocycles. The molecule has 0 spiro atoms. The van der Waals surface area contributed by atoms with E-state index in [0.29, 0.717) is 28.5 Å². The average Bonchev–Trinajstić information content (AvgIpc) is 2.59. The average molecular weight is 359 g/mol. The monoisotopic (exact) mass is 359 g/mol. The van der Waals surface area contributed by atoms with Gasteiger partial charge in [-0.05, 0) is 42.6 Å². The number of aromatic amines is 1. The highest BCUT2D eigenvalue weighted by Gasteiger charge is 2.27. The van der Waals surface area contributed by atoms with E-state index in [4.69, 9.17) is 12.2 Å². The first-order chi connectivity index (χ1) is 12.0. The third-order valence-electron chi connectivity index (χ3n) is 5.51. The Hall–Kier alpha value is -1.95. The third-order valence-corrected chi connectivity index (χ3v) is 5.83. The molecule has 3 atom stereocenters. The molecule has 25 heavy (non-hydrogen) atoms. The first-order valence-corrected chi connectivity index (χ1v) is 9.39. The van der Waals surface area contributed by atoms with Gasteiger partial charge in [0, 0.05) is 19.0 Å². The van der Waals surface area contributed by atoms with Gasteiger partial charge in [-0.3, -0.25) is 14.2 Å². The van der Waals surface area contributed by atoms with Gasteiger partial charge in [-0.1, -0.05) is 38.8 Å². The van der Waals surface area contributed by atoms with Crippen LogP contribution in [0.1, 0.15) is 39.5 Å². The molecule has 5 nitrogen and oxygen atoms in total. The molecule has 1 heterocycles. The van der Waals surface area contributed by atoms with Gasteiger partial charge in [0.25, 0.3) is 5.56 Å². The molecule has 0 radical (unpaired) electrons. The van der Waals surface area contributed by atoms with E-state index in [0.717, 1.165) is 18.4 Å². The number of aromatic nitrogens is 2. The first kappa shape index (κ1) is 17.9. The van der Waals surface area contributed by atoms with E-state index in [1.165, 1.54) is 11.0 Å². The molecule has 1 amide bonds. The minimum atomic E-state index is -0.146. The van der Waals surface area contributed by atoms with Crippen LogP contribution in [0.25, 0.3) is 10.9 Å². The Labute approximate surface area is 152 Å². The molecular formula is C19H25N3O2S. The Kier molecular flexibility index (Phi) is 5.37. The molecule has 0 saturated heterocycles. The number of H-pyrrole nitrogens is 1. The Balaban J connectivity index is 1.69. The largest absolute Gasteiger partial charge is 0.353 e. The van der Waals surface area contributed by atoms with E-state index < -0.39 is 0 Å². The number of fused-ring (bicyclic) bond motifs is 1. The number of rotatable bonds is 4. The van der Waals surface area contributed by atoms with Gasteiger partial charge >= 0.3 is 0 Å². The Bertz CT molecular complexity index is 886. The van der Waals surface area contributed by atoms with Crippen LogP contribution in [0.2, 0.25) is 0 Å². The summed E-state index contributed by atoms with van der Waals surface area (Å²) in [6, 6.07) is 7.51. The van der Waals surface area contributed by atoms with Crippen molar-refractivity contribution in [2.24, 2.45) is 11.8 Å². The van der Waals surface area contributed by atoms with Crippen molar-refractivity contribution in [3.05, 3.63) is 39.4 Å². The predicted octanol–water partition coefficient (Wildman–Crippen LogP) is 3.39. The van der Waals surface area contributed by atoms with Crippen LogP contribution in [0.15, 0.2) is 29.1 Å². The molecule has 0 unspecified atom stereocenters. The van der Waals surface area contributed by atoms with Gasteiger partial charge in [0.15, 0.2) is 4.77 Å². The number of para-hydroxylation sites is 1. The van der Waals surface area contributed by atoms with E-state index in [1.54, 1.807) is 6.07 Å². The molecule has 3 rings (SSSR count). The molecule has 2 aromatic rings. The number of hydrogen-bond acceptors (Lipinski definition) is 3. The van der Waals surface area contributed by atoms with E-state index >= 15 is 0 Å². The fourth-order valence-corrected chi connectivity index (χ4v) is 3.96. The van der Waals surface area contributed by atoms with Gasteiger partial charge in [0.2, 0.25) is 5.91 Å². The molecule has 134 valence electrons. The maximum absolute atomic E-state index is 12.6. The zero-order valence-electron chi connectivity index (χ0n) is 14.7. The maximum Gasteiger partial charge on any atom is 0.262 e. The van der Waals surface area contributed by atoms with E-state index in [-0.39, 0.29) is 23.9 Å². The Morgan fingerprint density at radius 1 is 1.32 bits per heavy atom. The lowest BCUT2D eigenvalue weighted by molar-refractivity contribution is -0.122. The zero-order chi connectivity index (χ0) is 18.0. The van der Waals surface area contributed by atoms with Gasteiger partial charge in [-0.2, -0.15) is 0 Å². The summed E-state index contributed by atoms with van der Waals surface area (Å²) < 4.78 is 1.83. The van der Waals surface area contributed by atoms with Gasteiger partial charge < -0.3 is 10.3 Å². The van der Waals surface area contributed by atoms with Gasteiger partial charge in [0.05, 0.1) is 10.9 Å². The molecule has 1 aliphatic rings. The first-order valence-electron chi connectivity index (χ1n) is 8.98. The van der Waals surface area contributed by atoms with Crippen molar-refractivity contribution in [2.45, 2.75) is 52.1 Å². The topological polar surface area (TPSA) is 66.9 Å². The summed E-state index contributed by atoms with van der Waals surface area (Å²) in [7, 11) is 0. The summed E-state index contributed by atoms with van der Waals surface area (Å²) >= 11 is 5.29. The number of carbonyl (C=O) groups excluding carboxylic acids is 1. The van der Waals surface area contributed by atoms with E-state index in [1.807, 2.05) is 18.2 Å². The predicted molar refractivity (Wildman–Crippen MR) is 102 cm³/mol. The smallest absolute Gasteiger partial charge is 0.262 e. The van der Waals surface area contributed by atoms with E-state index in [9.17, 15) is 9.59 Å². The fraction of sp³-hybridized carbons (Fsp3) is 0.526. The second-order valence-corrected chi connectivity index (χ2v) is 7.51. The lowest BCUT2D eigenvalue weighted by Gasteiger charge is -2.34. The lowest BCUT2D eigenvalue weighted by Crippen LogP contribution is -2.44. The molecular weight excluding hydrogens is 334 g/mol. The minimum Gasteiger partial charge on any atom is -0.353 e. The number of hydrogen-bond donors (Lipinski definition) is 2. The molecule has 1 fully saturated rings. The van der Waals surface area contributed by atoms with Crippen molar-refractivity contribution in [3.63, 3.8) is 0 Å². The summed E-state index contributed by atoms with van der Waals surface area (Å²) in [6.45, 7) is 4.75. The summed E-state index contributed by atoms with van der Waals surface area (Å²) in [5.41, 5.74) is 0.579. The Morgan fingerprint density at radius 2 is 2.08 bits per heavy atom. The highest BCUT2D eigenvalue weighted by Crippen LogP contribution is 2.29. The van der Waals surface area contributed by atoms with Gasteiger partial charge in [-0.15, -0.1) is 0 Å². The summed E-state index contributed by atoms with van der Waals surface area (Å²) in [6.07, 6.45) is 3.68. The second kappa shape index (κ2) is 7.52. The summed E-state index contributed by atoms with van der Waals surface area (Å²) in [5, 5.41) is 3.74. The van der Waals surface area contributed by atoms with Crippen molar-refractivity contribution in [3.8, 4) is 0 Å².